The molecule has 0 saturated heterocycles. The number of para-hydroxylation sites is 1. The van der Waals surface area contributed by atoms with Gasteiger partial charge in [-0.15, -0.1) is 0 Å². The van der Waals surface area contributed by atoms with E-state index in [1.54, 1.807) is 12.1 Å². The molecule has 2 aromatic carbocycles. The Morgan fingerprint density at radius 2 is 1.88 bits per heavy atom. The average Bonchev–Trinajstić information content (AvgIpc) is 2.55. The number of carbonyl (C=O) groups is 1. The molecule has 0 radical (unpaired) electrons. The Labute approximate surface area is 151 Å². The van der Waals surface area contributed by atoms with Crippen molar-refractivity contribution in [3.63, 3.8) is 0 Å². The van der Waals surface area contributed by atoms with Crippen LogP contribution in [0, 0.1) is 11.7 Å². The maximum Gasteiger partial charge on any atom is 0.261 e. The molecule has 8 heteroatoms. The molecule has 0 aromatic heterocycles. The fourth-order valence-electron chi connectivity index (χ4n) is 2.01. The monoisotopic (exact) mass is 384 g/mol. The molecule has 0 aliphatic rings. The van der Waals surface area contributed by atoms with Crippen LogP contribution in [0.2, 0.25) is 5.02 Å². The van der Waals surface area contributed by atoms with Crippen LogP contribution in [0.3, 0.4) is 0 Å². The van der Waals surface area contributed by atoms with Crippen LogP contribution in [-0.4, -0.2) is 20.9 Å². The molecule has 134 valence electrons. The van der Waals surface area contributed by atoms with Crippen molar-refractivity contribution in [1.82, 2.24) is 5.32 Å². The van der Waals surface area contributed by atoms with Gasteiger partial charge in [-0.2, -0.15) is 0 Å². The van der Waals surface area contributed by atoms with Gasteiger partial charge in [0.05, 0.1) is 21.2 Å². The van der Waals surface area contributed by atoms with Crippen LogP contribution < -0.4 is 10.0 Å². The van der Waals surface area contributed by atoms with E-state index >= 15 is 0 Å². The third-order valence-corrected chi connectivity index (χ3v) is 4.94. The number of halogens is 2. The number of hydrogen-bond donors (Lipinski definition) is 2. The summed E-state index contributed by atoms with van der Waals surface area (Å²) in [5, 5.41) is 2.44. The molecule has 2 N–H and O–H groups in total. The highest BCUT2D eigenvalue weighted by Gasteiger charge is 2.19. The second-order valence-corrected chi connectivity index (χ2v) is 7.92. The first kappa shape index (κ1) is 19.2. The molecule has 0 aliphatic carbocycles. The third kappa shape index (κ3) is 4.93. The fraction of sp³-hybridized carbons (Fsp3) is 0.235. The van der Waals surface area contributed by atoms with Gasteiger partial charge in [-0.05, 0) is 36.2 Å². The van der Waals surface area contributed by atoms with E-state index < -0.39 is 15.8 Å². The first-order valence-electron chi connectivity index (χ1n) is 7.56. The van der Waals surface area contributed by atoms with Gasteiger partial charge in [0, 0.05) is 6.54 Å². The van der Waals surface area contributed by atoms with Crippen molar-refractivity contribution in [1.29, 1.82) is 0 Å². The van der Waals surface area contributed by atoms with Gasteiger partial charge in [0.2, 0.25) is 0 Å². The zero-order valence-electron chi connectivity index (χ0n) is 13.7. The summed E-state index contributed by atoms with van der Waals surface area (Å²) in [5.41, 5.74) is 0.323. The maximum absolute atomic E-state index is 13.2. The standard InChI is InChI=1S/C17H18ClFN2O3S/c1-11(2)10-20-17(22)13-5-3-4-6-16(13)21-25(23,24)12-7-8-15(19)14(18)9-12/h3-9,11,21H,10H2,1-2H3,(H,20,22). The van der Waals surface area contributed by atoms with Crippen LogP contribution in [0.25, 0.3) is 0 Å². The smallest absolute Gasteiger partial charge is 0.261 e. The van der Waals surface area contributed by atoms with Gasteiger partial charge in [-0.25, -0.2) is 12.8 Å². The summed E-state index contributed by atoms with van der Waals surface area (Å²) in [6.07, 6.45) is 0. The van der Waals surface area contributed by atoms with E-state index in [1.807, 2.05) is 13.8 Å². The van der Waals surface area contributed by atoms with E-state index in [4.69, 9.17) is 11.6 Å². The highest BCUT2D eigenvalue weighted by molar-refractivity contribution is 7.92. The van der Waals surface area contributed by atoms with Crippen LogP contribution in [0.5, 0.6) is 0 Å². The Hall–Kier alpha value is -2.12. The molecule has 25 heavy (non-hydrogen) atoms. The average molecular weight is 385 g/mol. The molecule has 2 rings (SSSR count). The number of hydrogen-bond acceptors (Lipinski definition) is 3. The lowest BCUT2D eigenvalue weighted by Gasteiger charge is -2.14. The predicted octanol–water partition coefficient (Wildman–Crippen LogP) is 3.67. The zero-order valence-corrected chi connectivity index (χ0v) is 15.3. The number of sulfonamides is 1. The summed E-state index contributed by atoms with van der Waals surface area (Å²) in [5.74, 6) is -0.840. The third-order valence-electron chi connectivity index (χ3n) is 3.29. The fourth-order valence-corrected chi connectivity index (χ4v) is 3.36. The minimum Gasteiger partial charge on any atom is -0.352 e. The van der Waals surface area contributed by atoms with Gasteiger partial charge in [0.1, 0.15) is 5.82 Å². The first-order valence-corrected chi connectivity index (χ1v) is 9.42. The zero-order chi connectivity index (χ0) is 18.6. The summed E-state index contributed by atoms with van der Waals surface area (Å²) < 4.78 is 40.5. The van der Waals surface area contributed by atoms with Crippen molar-refractivity contribution in [3.8, 4) is 0 Å². The molecule has 0 atom stereocenters. The Balaban J connectivity index is 2.30. The Morgan fingerprint density at radius 3 is 2.52 bits per heavy atom. The molecule has 0 bridgehead atoms. The molecule has 0 heterocycles. The van der Waals surface area contributed by atoms with E-state index in [9.17, 15) is 17.6 Å². The van der Waals surface area contributed by atoms with Crippen molar-refractivity contribution in [2.75, 3.05) is 11.3 Å². The topological polar surface area (TPSA) is 75.3 Å². The van der Waals surface area contributed by atoms with Crippen molar-refractivity contribution >= 4 is 33.2 Å². The van der Waals surface area contributed by atoms with Gasteiger partial charge in [-0.1, -0.05) is 37.6 Å². The minimum atomic E-state index is -4.02. The number of amides is 1. The van der Waals surface area contributed by atoms with E-state index in [2.05, 4.69) is 10.0 Å². The summed E-state index contributed by atoms with van der Waals surface area (Å²) in [6.45, 7) is 4.37. The van der Waals surface area contributed by atoms with Crippen molar-refractivity contribution in [3.05, 3.63) is 58.9 Å². The summed E-state index contributed by atoms with van der Waals surface area (Å²) in [7, 11) is -4.02. The number of nitrogens with one attached hydrogen (secondary N) is 2. The quantitative estimate of drug-likeness (QED) is 0.797. The van der Waals surface area contributed by atoms with Crippen LogP contribution in [0.4, 0.5) is 10.1 Å². The van der Waals surface area contributed by atoms with Crippen LogP contribution in [-0.2, 0) is 10.0 Å². The number of anilines is 1. The van der Waals surface area contributed by atoms with Gasteiger partial charge in [-0.3, -0.25) is 9.52 Å². The summed E-state index contributed by atoms with van der Waals surface area (Å²) in [6, 6.07) is 9.33. The Morgan fingerprint density at radius 1 is 1.20 bits per heavy atom. The van der Waals surface area contributed by atoms with Gasteiger partial charge >= 0.3 is 0 Å². The summed E-state index contributed by atoms with van der Waals surface area (Å²) >= 11 is 5.64. The van der Waals surface area contributed by atoms with Crippen molar-refractivity contribution < 1.29 is 17.6 Å². The largest absolute Gasteiger partial charge is 0.352 e. The Bertz CT molecular complexity index is 885. The lowest BCUT2D eigenvalue weighted by atomic mass is 10.1. The molecule has 0 spiro atoms. The van der Waals surface area contributed by atoms with Crippen LogP contribution >= 0.6 is 11.6 Å². The number of rotatable bonds is 6. The Kier molecular flexibility index (Phi) is 6.02. The summed E-state index contributed by atoms with van der Waals surface area (Å²) in [4.78, 5) is 12.1. The normalized spacial score (nSPS) is 11.4. The van der Waals surface area contributed by atoms with E-state index in [0.717, 1.165) is 18.2 Å². The lowest BCUT2D eigenvalue weighted by Crippen LogP contribution is -2.28. The second kappa shape index (κ2) is 7.84. The second-order valence-electron chi connectivity index (χ2n) is 5.83. The van der Waals surface area contributed by atoms with E-state index in [0.29, 0.717) is 6.54 Å². The van der Waals surface area contributed by atoms with Crippen molar-refractivity contribution in [2.24, 2.45) is 5.92 Å². The SMILES string of the molecule is CC(C)CNC(=O)c1ccccc1NS(=O)(=O)c1ccc(F)c(Cl)c1. The molecule has 0 saturated carbocycles. The van der Waals surface area contributed by atoms with E-state index in [-0.39, 0.29) is 33.0 Å². The molecule has 0 unspecified atom stereocenters. The highest BCUT2D eigenvalue weighted by atomic mass is 35.5. The van der Waals surface area contributed by atoms with Gasteiger partial charge in [0.25, 0.3) is 15.9 Å². The molecular formula is C17H18ClFN2O3S. The predicted molar refractivity (Wildman–Crippen MR) is 95.8 cm³/mol. The first-order chi connectivity index (χ1) is 11.7. The molecule has 0 fully saturated rings. The lowest BCUT2D eigenvalue weighted by molar-refractivity contribution is 0.0950. The van der Waals surface area contributed by atoms with Crippen molar-refractivity contribution in [2.45, 2.75) is 18.7 Å². The van der Waals surface area contributed by atoms with Gasteiger partial charge in [0.15, 0.2) is 0 Å². The van der Waals surface area contributed by atoms with Crippen LogP contribution in [0.15, 0.2) is 47.4 Å². The number of carbonyl (C=O) groups excluding carboxylic acids is 1. The molecule has 0 aliphatic heterocycles. The molecule has 2 aromatic rings. The minimum absolute atomic E-state index is 0.129. The molecule has 5 nitrogen and oxygen atoms in total. The molecule has 1 amide bonds. The maximum atomic E-state index is 13.2. The molecular weight excluding hydrogens is 367 g/mol. The highest BCUT2D eigenvalue weighted by Crippen LogP contribution is 2.23. The van der Waals surface area contributed by atoms with Crippen LogP contribution in [0.1, 0.15) is 24.2 Å². The number of benzene rings is 2. The van der Waals surface area contributed by atoms with E-state index in [1.165, 1.54) is 12.1 Å². The van der Waals surface area contributed by atoms with Gasteiger partial charge < -0.3 is 5.32 Å².